The quantitative estimate of drug-likeness (QED) is 0.438. The third-order valence-electron chi connectivity index (χ3n) is 6.67. The minimum absolute atomic E-state index is 0.0430. The highest BCUT2D eigenvalue weighted by Gasteiger charge is 2.30. The molecule has 3 aromatic rings. The summed E-state index contributed by atoms with van der Waals surface area (Å²) in [6, 6.07) is 13.5. The molecule has 2 aliphatic rings. The molecule has 0 bridgehead atoms. The minimum atomic E-state index is -1.03. The molecule has 0 amide bonds. The fourth-order valence-corrected chi connectivity index (χ4v) is 4.91. The van der Waals surface area contributed by atoms with E-state index in [1.807, 2.05) is 6.07 Å². The van der Waals surface area contributed by atoms with E-state index >= 15 is 0 Å². The highest BCUT2D eigenvalue weighted by Crippen LogP contribution is 2.34. The molecule has 1 aliphatic heterocycles. The van der Waals surface area contributed by atoms with Gasteiger partial charge in [-0.05, 0) is 79.8 Å². The van der Waals surface area contributed by atoms with E-state index < -0.39 is 5.97 Å². The number of halogens is 2. The summed E-state index contributed by atoms with van der Waals surface area (Å²) in [5.74, 6) is 0.681. The third-order valence-corrected chi connectivity index (χ3v) is 6.92. The number of hydrogen-bond acceptors (Lipinski definition) is 5. The second kappa shape index (κ2) is 10.3. The molecule has 1 N–H and O–H groups in total. The Morgan fingerprint density at radius 1 is 1.14 bits per heavy atom. The van der Waals surface area contributed by atoms with E-state index in [1.165, 1.54) is 17.7 Å². The Morgan fingerprint density at radius 3 is 2.56 bits per heavy atom. The average molecular weight is 511 g/mol. The number of carboxylic acids is 1. The van der Waals surface area contributed by atoms with Crippen molar-refractivity contribution in [3.8, 4) is 11.5 Å². The molecule has 5 rings (SSSR count). The summed E-state index contributed by atoms with van der Waals surface area (Å²) in [6.45, 7) is 5.11. The lowest BCUT2D eigenvalue weighted by Gasteiger charge is -2.43. The van der Waals surface area contributed by atoms with Crippen molar-refractivity contribution in [3.63, 3.8) is 0 Å². The van der Waals surface area contributed by atoms with Gasteiger partial charge >= 0.3 is 5.97 Å². The standard InChI is InChI=1S/C27H28ClFN4O3/c1-18-16-31(17-19-13-22(29)15-24(14-19)36-23-7-5-21(28)6-8-23)11-12-32(18)26(20-3-2-4-20)33-10-9-25(30-33)27(34)35/h5-10,13-15,18H,2-4,11-12,16-17H2,1H3,(H,34,35)/t18-/m0/s1. The number of piperazine rings is 1. The van der Waals surface area contributed by atoms with Crippen LogP contribution in [0.2, 0.25) is 5.02 Å². The molecule has 1 aromatic heterocycles. The van der Waals surface area contributed by atoms with E-state index in [4.69, 9.17) is 16.3 Å². The van der Waals surface area contributed by atoms with Gasteiger partial charge in [-0.1, -0.05) is 11.6 Å². The summed E-state index contributed by atoms with van der Waals surface area (Å²) >= 11 is 5.94. The number of benzene rings is 2. The van der Waals surface area contributed by atoms with E-state index in [2.05, 4.69) is 21.8 Å². The van der Waals surface area contributed by atoms with Crippen molar-refractivity contribution in [1.82, 2.24) is 19.6 Å². The van der Waals surface area contributed by atoms with Crippen LogP contribution in [0, 0.1) is 5.82 Å². The van der Waals surface area contributed by atoms with E-state index in [0.717, 1.165) is 50.3 Å². The van der Waals surface area contributed by atoms with Crippen LogP contribution in [0.4, 0.5) is 4.39 Å². The maximum absolute atomic E-state index is 14.4. The molecule has 0 radical (unpaired) electrons. The zero-order valence-electron chi connectivity index (χ0n) is 20.0. The number of allylic oxidation sites excluding steroid dienone is 1. The predicted molar refractivity (Wildman–Crippen MR) is 136 cm³/mol. The molecule has 0 spiro atoms. The van der Waals surface area contributed by atoms with Gasteiger partial charge in [0.1, 0.15) is 23.1 Å². The first-order valence-electron chi connectivity index (χ1n) is 12.1. The molecule has 1 atom stereocenters. The Kier molecular flexibility index (Phi) is 6.98. The lowest BCUT2D eigenvalue weighted by atomic mass is 9.91. The molecule has 1 saturated carbocycles. The van der Waals surface area contributed by atoms with Crippen LogP contribution >= 0.6 is 11.6 Å². The van der Waals surface area contributed by atoms with E-state index in [-0.39, 0.29) is 17.6 Å². The summed E-state index contributed by atoms with van der Waals surface area (Å²) in [4.78, 5) is 16.0. The van der Waals surface area contributed by atoms with Crippen LogP contribution in [0.5, 0.6) is 11.5 Å². The number of carbonyl (C=O) groups is 1. The summed E-state index contributed by atoms with van der Waals surface area (Å²) < 4.78 is 22.0. The van der Waals surface area contributed by atoms with Crippen molar-refractivity contribution in [3.05, 3.63) is 82.4 Å². The minimum Gasteiger partial charge on any atom is -0.476 e. The van der Waals surface area contributed by atoms with E-state index in [1.54, 1.807) is 41.2 Å². The maximum atomic E-state index is 14.4. The molecule has 2 heterocycles. The smallest absolute Gasteiger partial charge is 0.356 e. The lowest BCUT2D eigenvalue weighted by molar-refractivity contribution is 0.0689. The Labute approximate surface area is 214 Å². The van der Waals surface area contributed by atoms with Gasteiger partial charge in [-0.25, -0.2) is 13.9 Å². The van der Waals surface area contributed by atoms with E-state index in [9.17, 15) is 14.3 Å². The largest absolute Gasteiger partial charge is 0.476 e. The van der Waals surface area contributed by atoms with Crippen LogP contribution < -0.4 is 4.74 Å². The normalized spacial score (nSPS) is 18.1. The number of ether oxygens (including phenoxy) is 1. The number of nitrogens with zero attached hydrogens (tertiary/aromatic N) is 4. The first-order chi connectivity index (χ1) is 17.4. The second-order valence-corrected chi connectivity index (χ2v) is 9.80. The predicted octanol–water partition coefficient (Wildman–Crippen LogP) is 5.72. The molecular formula is C27H28ClFN4O3. The number of aromatic carboxylic acids is 1. The molecule has 2 aromatic carbocycles. The molecule has 9 heteroatoms. The Balaban J connectivity index is 1.28. The fourth-order valence-electron chi connectivity index (χ4n) is 4.79. The Bertz CT molecular complexity index is 1280. The monoisotopic (exact) mass is 510 g/mol. The van der Waals surface area contributed by atoms with Gasteiger partial charge in [-0.2, -0.15) is 5.10 Å². The summed E-state index contributed by atoms with van der Waals surface area (Å²) in [7, 11) is 0. The summed E-state index contributed by atoms with van der Waals surface area (Å²) in [5, 5.41) is 14.2. The van der Waals surface area contributed by atoms with Crippen molar-refractivity contribution in [2.45, 2.75) is 38.8 Å². The zero-order valence-corrected chi connectivity index (χ0v) is 20.8. The van der Waals surface area contributed by atoms with Gasteiger partial charge in [0.05, 0.1) is 0 Å². The van der Waals surface area contributed by atoms with E-state index in [0.29, 0.717) is 23.1 Å². The number of aromatic nitrogens is 2. The summed E-state index contributed by atoms with van der Waals surface area (Å²) in [6.07, 6.45) is 4.88. The van der Waals surface area contributed by atoms with Gasteiger partial charge in [-0.3, -0.25) is 4.90 Å². The van der Waals surface area contributed by atoms with Crippen LogP contribution in [0.15, 0.2) is 60.3 Å². The first kappa shape index (κ1) is 24.3. The van der Waals surface area contributed by atoms with Gasteiger partial charge < -0.3 is 14.7 Å². The van der Waals surface area contributed by atoms with Gasteiger partial charge in [0.25, 0.3) is 0 Å². The lowest BCUT2D eigenvalue weighted by Crippen LogP contribution is -2.51. The molecule has 7 nitrogen and oxygen atoms in total. The molecule has 36 heavy (non-hydrogen) atoms. The molecule has 1 aliphatic carbocycles. The maximum Gasteiger partial charge on any atom is 0.356 e. The van der Waals surface area contributed by atoms with Gasteiger partial charge in [0.2, 0.25) is 0 Å². The van der Waals surface area contributed by atoms with Crippen LogP contribution in [0.25, 0.3) is 5.82 Å². The fraction of sp³-hybridized carbons (Fsp3) is 0.333. The molecule has 188 valence electrons. The van der Waals surface area contributed by atoms with Crippen molar-refractivity contribution in [1.29, 1.82) is 0 Å². The first-order valence-corrected chi connectivity index (χ1v) is 12.5. The summed E-state index contributed by atoms with van der Waals surface area (Å²) in [5.41, 5.74) is 2.20. The van der Waals surface area contributed by atoms with Crippen LogP contribution in [0.1, 0.15) is 42.2 Å². The van der Waals surface area contributed by atoms with Crippen molar-refractivity contribution < 1.29 is 19.0 Å². The Morgan fingerprint density at radius 2 is 1.92 bits per heavy atom. The van der Waals surface area contributed by atoms with Crippen LogP contribution in [-0.2, 0) is 6.54 Å². The van der Waals surface area contributed by atoms with Gasteiger partial charge in [0.15, 0.2) is 5.69 Å². The number of rotatable bonds is 7. The number of hydrogen-bond donors (Lipinski definition) is 1. The highest BCUT2D eigenvalue weighted by molar-refractivity contribution is 6.30. The Hall–Kier alpha value is -3.36. The SMILES string of the molecule is C[C@H]1CN(Cc2cc(F)cc(Oc3ccc(Cl)cc3)c2)CCN1C(=C1CCC1)n1ccc(C(=O)O)n1. The van der Waals surface area contributed by atoms with Crippen molar-refractivity contribution >= 4 is 23.4 Å². The second-order valence-electron chi connectivity index (χ2n) is 9.36. The van der Waals surface area contributed by atoms with Gasteiger partial charge in [0, 0.05) is 49.5 Å². The van der Waals surface area contributed by atoms with Crippen molar-refractivity contribution in [2.75, 3.05) is 19.6 Å². The molecule has 2 fully saturated rings. The average Bonchev–Trinajstić information content (AvgIpc) is 3.28. The number of carboxylic acid groups (broad SMARTS) is 1. The highest BCUT2D eigenvalue weighted by atomic mass is 35.5. The van der Waals surface area contributed by atoms with Crippen LogP contribution in [0.3, 0.4) is 0 Å². The molecular weight excluding hydrogens is 483 g/mol. The molecule has 0 unspecified atom stereocenters. The van der Waals surface area contributed by atoms with Crippen molar-refractivity contribution in [2.24, 2.45) is 0 Å². The van der Waals surface area contributed by atoms with Crippen LogP contribution in [-0.4, -0.2) is 56.3 Å². The zero-order chi connectivity index (χ0) is 25.2. The third kappa shape index (κ3) is 5.39. The van der Waals surface area contributed by atoms with Gasteiger partial charge in [-0.15, -0.1) is 0 Å². The molecule has 1 saturated heterocycles. The topological polar surface area (TPSA) is 70.8 Å².